The molecular formula is C20H25NO3. The zero-order valence-corrected chi connectivity index (χ0v) is 14.7. The van der Waals surface area contributed by atoms with Gasteiger partial charge in [0.15, 0.2) is 6.10 Å². The van der Waals surface area contributed by atoms with Gasteiger partial charge < -0.3 is 14.8 Å². The Morgan fingerprint density at radius 2 is 1.42 bits per heavy atom. The summed E-state index contributed by atoms with van der Waals surface area (Å²) in [6.45, 7) is 8.09. The molecule has 0 radical (unpaired) electrons. The highest BCUT2D eigenvalue weighted by Crippen LogP contribution is 2.14. The average molecular weight is 327 g/mol. The number of rotatable bonds is 7. The lowest BCUT2D eigenvalue weighted by atomic mass is 10.2. The third kappa shape index (κ3) is 5.61. The Labute approximate surface area is 143 Å². The van der Waals surface area contributed by atoms with Crippen LogP contribution in [0.4, 0.5) is 0 Å². The molecule has 0 aliphatic heterocycles. The van der Waals surface area contributed by atoms with Crippen LogP contribution in [0.1, 0.15) is 25.0 Å². The molecule has 0 bridgehead atoms. The molecule has 2 aromatic rings. The predicted molar refractivity (Wildman–Crippen MR) is 95.5 cm³/mol. The van der Waals surface area contributed by atoms with E-state index in [0.717, 1.165) is 11.3 Å². The van der Waals surface area contributed by atoms with Gasteiger partial charge in [0.2, 0.25) is 0 Å². The molecule has 2 atom stereocenters. The summed E-state index contributed by atoms with van der Waals surface area (Å²) in [5, 5.41) is 2.90. The van der Waals surface area contributed by atoms with Gasteiger partial charge in [-0.05, 0) is 52.0 Å². The van der Waals surface area contributed by atoms with E-state index in [2.05, 4.69) is 5.32 Å². The first-order valence-electron chi connectivity index (χ1n) is 8.17. The molecule has 4 heteroatoms. The number of benzene rings is 2. The Morgan fingerprint density at radius 3 is 1.96 bits per heavy atom. The monoisotopic (exact) mass is 327 g/mol. The molecule has 128 valence electrons. The van der Waals surface area contributed by atoms with Gasteiger partial charge in [-0.1, -0.05) is 35.4 Å². The van der Waals surface area contributed by atoms with E-state index >= 15 is 0 Å². The van der Waals surface area contributed by atoms with Crippen molar-refractivity contribution in [1.29, 1.82) is 0 Å². The first-order valence-corrected chi connectivity index (χ1v) is 8.17. The Kier molecular flexibility index (Phi) is 6.24. The quantitative estimate of drug-likeness (QED) is 0.844. The molecular weight excluding hydrogens is 302 g/mol. The zero-order chi connectivity index (χ0) is 17.5. The molecule has 2 aromatic carbocycles. The minimum absolute atomic E-state index is 0.108. The van der Waals surface area contributed by atoms with Crippen LogP contribution in [0.3, 0.4) is 0 Å². The average Bonchev–Trinajstić information content (AvgIpc) is 2.56. The highest BCUT2D eigenvalue weighted by Gasteiger charge is 2.17. The van der Waals surface area contributed by atoms with Crippen molar-refractivity contribution in [3.05, 3.63) is 59.7 Å². The second-order valence-corrected chi connectivity index (χ2v) is 6.11. The summed E-state index contributed by atoms with van der Waals surface area (Å²) in [4.78, 5) is 12.2. The highest BCUT2D eigenvalue weighted by atomic mass is 16.5. The van der Waals surface area contributed by atoms with Crippen molar-refractivity contribution in [1.82, 2.24) is 5.32 Å². The van der Waals surface area contributed by atoms with Crippen LogP contribution in [0.2, 0.25) is 0 Å². The first-order chi connectivity index (χ1) is 11.4. The van der Waals surface area contributed by atoms with Gasteiger partial charge in [0.05, 0.1) is 6.04 Å². The Bertz CT molecular complexity index is 650. The van der Waals surface area contributed by atoms with E-state index in [1.807, 2.05) is 69.3 Å². The van der Waals surface area contributed by atoms with Crippen molar-refractivity contribution in [3.8, 4) is 11.5 Å². The first kappa shape index (κ1) is 17.9. The molecule has 0 saturated carbocycles. The van der Waals surface area contributed by atoms with Gasteiger partial charge in [0, 0.05) is 0 Å². The number of carbonyl (C=O) groups is 1. The Morgan fingerprint density at radius 1 is 0.917 bits per heavy atom. The summed E-state index contributed by atoms with van der Waals surface area (Å²) in [6, 6.07) is 15.4. The fourth-order valence-electron chi connectivity index (χ4n) is 2.13. The SMILES string of the molecule is Cc1ccc(OC[C@H](C)NC(=O)[C@@H](C)Oc2ccc(C)cc2)cc1. The lowest BCUT2D eigenvalue weighted by Gasteiger charge is -2.19. The minimum atomic E-state index is -0.561. The van der Waals surface area contributed by atoms with Crippen LogP contribution >= 0.6 is 0 Å². The second kappa shape index (κ2) is 8.39. The van der Waals surface area contributed by atoms with E-state index in [-0.39, 0.29) is 11.9 Å². The number of carbonyl (C=O) groups excluding carboxylic acids is 1. The third-order valence-electron chi connectivity index (χ3n) is 3.61. The topological polar surface area (TPSA) is 47.6 Å². The van der Waals surface area contributed by atoms with Gasteiger partial charge >= 0.3 is 0 Å². The smallest absolute Gasteiger partial charge is 0.261 e. The summed E-state index contributed by atoms with van der Waals surface area (Å²) in [5.41, 5.74) is 2.34. The molecule has 0 aromatic heterocycles. The molecule has 4 nitrogen and oxygen atoms in total. The van der Waals surface area contributed by atoms with Crippen LogP contribution < -0.4 is 14.8 Å². The largest absolute Gasteiger partial charge is 0.491 e. The maximum Gasteiger partial charge on any atom is 0.261 e. The fraction of sp³-hybridized carbons (Fsp3) is 0.350. The zero-order valence-electron chi connectivity index (χ0n) is 14.7. The number of aryl methyl sites for hydroxylation is 2. The van der Waals surface area contributed by atoms with Crippen molar-refractivity contribution in [2.24, 2.45) is 0 Å². The summed E-state index contributed by atoms with van der Waals surface area (Å²) in [5.74, 6) is 1.33. The molecule has 0 heterocycles. The van der Waals surface area contributed by atoms with Crippen LogP contribution in [-0.4, -0.2) is 24.7 Å². The fourth-order valence-corrected chi connectivity index (χ4v) is 2.13. The summed E-state index contributed by atoms with van der Waals surface area (Å²) < 4.78 is 11.3. The molecule has 0 unspecified atom stereocenters. The number of amides is 1. The van der Waals surface area contributed by atoms with Gasteiger partial charge in [-0.15, -0.1) is 0 Å². The lowest BCUT2D eigenvalue weighted by Crippen LogP contribution is -2.43. The van der Waals surface area contributed by atoms with Gasteiger partial charge in [-0.3, -0.25) is 4.79 Å². The van der Waals surface area contributed by atoms with Crippen molar-refractivity contribution in [2.75, 3.05) is 6.61 Å². The van der Waals surface area contributed by atoms with E-state index in [9.17, 15) is 4.79 Å². The lowest BCUT2D eigenvalue weighted by molar-refractivity contribution is -0.128. The molecule has 0 saturated heterocycles. The van der Waals surface area contributed by atoms with Crippen LogP contribution in [0.5, 0.6) is 11.5 Å². The molecule has 24 heavy (non-hydrogen) atoms. The van der Waals surface area contributed by atoms with E-state index in [4.69, 9.17) is 9.47 Å². The van der Waals surface area contributed by atoms with Gasteiger partial charge in [0.25, 0.3) is 5.91 Å². The van der Waals surface area contributed by atoms with Crippen molar-refractivity contribution in [2.45, 2.75) is 39.8 Å². The second-order valence-electron chi connectivity index (χ2n) is 6.11. The summed E-state index contributed by atoms with van der Waals surface area (Å²) >= 11 is 0. The maximum absolute atomic E-state index is 12.2. The molecule has 1 amide bonds. The van der Waals surface area contributed by atoms with Gasteiger partial charge in [-0.2, -0.15) is 0 Å². The van der Waals surface area contributed by atoms with Crippen LogP contribution in [-0.2, 0) is 4.79 Å². The molecule has 0 fully saturated rings. The highest BCUT2D eigenvalue weighted by molar-refractivity contribution is 5.81. The molecule has 0 aliphatic rings. The third-order valence-corrected chi connectivity index (χ3v) is 3.61. The number of ether oxygens (including phenoxy) is 2. The van der Waals surface area contributed by atoms with E-state index < -0.39 is 6.10 Å². The van der Waals surface area contributed by atoms with Crippen LogP contribution in [0, 0.1) is 13.8 Å². The van der Waals surface area contributed by atoms with Gasteiger partial charge in [0.1, 0.15) is 18.1 Å². The van der Waals surface area contributed by atoms with Gasteiger partial charge in [-0.25, -0.2) is 0 Å². The Hall–Kier alpha value is -2.49. The van der Waals surface area contributed by atoms with Crippen molar-refractivity contribution >= 4 is 5.91 Å². The summed E-state index contributed by atoms with van der Waals surface area (Å²) in [7, 11) is 0. The number of nitrogens with one attached hydrogen (secondary N) is 1. The molecule has 0 aliphatic carbocycles. The van der Waals surface area contributed by atoms with Crippen LogP contribution in [0.15, 0.2) is 48.5 Å². The van der Waals surface area contributed by atoms with Crippen molar-refractivity contribution in [3.63, 3.8) is 0 Å². The minimum Gasteiger partial charge on any atom is -0.491 e. The Balaban J connectivity index is 1.77. The molecule has 1 N–H and O–H groups in total. The predicted octanol–water partition coefficient (Wildman–Crippen LogP) is 3.65. The van der Waals surface area contributed by atoms with E-state index in [1.54, 1.807) is 6.92 Å². The molecule has 2 rings (SSSR count). The maximum atomic E-state index is 12.2. The molecule has 0 spiro atoms. The standard InChI is InChI=1S/C20H25NO3/c1-14-5-9-18(10-6-14)23-13-16(3)21-20(22)17(4)24-19-11-7-15(2)8-12-19/h5-12,16-17H,13H2,1-4H3,(H,21,22)/t16-,17+/m0/s1. The number of hydrogen-bond acceptors (Lipinski definition) is 3. The van der Waals surface area contributed by atoms with Crippen molar-refractivity contribution < 1.29 is 14.3 Å². The van der Waals surface area contributed by atoms with E-state index in [0.29, 0.717) is 12.4 Å². The van der Waals surface area contributed by atoms with Crippen LogP contribution in [0.25, 0.3) is 0 Å². The normalized spacial score (nSPS) is 13.0. The summed E-state index contributed by atoms with van der Waals surface area (Å²) in [6.07, 6.45) is -0.561. The number of hydrogen-bond donors (Lipinski definition) is 1. The van der Waals surface area contributed by atoms with E-state index in [1.165, 1.54) is 5.56 Å².